The zero-order chi connectivity index (χ0) is 55.7. The van der Waals surface area contributed by atoms with Gasteiger partial charge < -0.3 is 57.6 Å². The SMILES string of the molecule is C=C1C[C@H](C)C[C@@H]2CC=C[C@@H](C/C=C\C(=O)O[C@H]([C@H](/C=C/[C@@H]3CC(C)=CCO3)OC(C)=O)C[C@@H]3O[C@H]3[C@@H](O)C1)O2.C=C1C[C@H](C)C[C@@H]2CC=C[C@@H](C/C=C\C(=O)O[C@H]([C@H](/C=C/[C@@H]3CC(C)=CCO3)OC)C[C@@H]3O[C@H]3[C@@H](O)C1)O2. The minimum Gasteiger partial charge on any atom is -0.456 e. The maximum Gasteiger partial charge on any atom is 0.330 e. The summed E-state index contributed by atoms with van der Waals surface area (Å²) in [6.07, 6.45) is 30.5. The van der Waals surface area contributed by atoms with Crippen LogP contribution in [0.4, 0.5) is 0 Å². The Morgan fingerprint density at radius 2 is 1.08 bits per heavy atom. The van der Waals surface area contributed by atoms with Gasteiger partial charge in [0, 0.05) is 39.0 Å². The van der Waals surface area contributed by atoms with Crippen molar-refractivity contribution in [3.8, 4) is 0 Å². The number of carbonyl (C=O) groups is 3. The highest BCUT2D eigenvalue weighted by Gasteiger charge is 2.48. The summed E-state index contributed by atoms with van der Waals surface area (Å²) in [5.41, 5.74) is 4.50. The molecule has 2 fully saturated rings. The summed E-state index contributed by atoms with van der Waals surface area (Å²) in [6, 6.07) is 0. The van der Waals surface area contributed by atoms with Crippen LogP contribution in [0, 0.1) is 11.8 Å². The average molecular weight is 1090 g/mol. The van der Waals surface area contributed by atoms with Gasteiger partial charge in [-0.2, -0.15) is 0 Å². The number of rotatable bonds is 8. The molecule has 8 rings (SSSR count). The Labute approximate surface area is 463 Å². The molecule has 0 aliphatic carbocycles. The molecule has 15 heteroatoms. The third kappa shape index (κ3) is 20.5. The van der Waals surface area contributed by atoms with Gasteiger partial charge in [-0.05, 0) is 109 Å². The van der Waals surface area contributed by atoms with E-state index < -0.39 is 60.6 Å². The van der Waals surface area contributed by atoms with Crippen molar-refractivity contribution in [2.75, 3.05) is 20.3 Å². The van der Waals surface area contributed by atoms with Crippen LogP contribution in [-0.2, 0) is 61.8 Å². The van der Waals surface area contributed by atoms with Crippen molar-refractivity contribution in [3.63, 3.8) is 0 Å². The van der Waals surface area contributed by atoms with Gasteiger partial charge in [0.05, 0.1) is 74.3 Å². The highest BCUT2D eigenvalue weighted by Crippen LogP contribution is 2.37. The zero-order valence-corrected chi connectivity index (χ0v) is 46.9. The number of hydrogen-bond acceptors (Lipinski definition) is 15. The smallest absolute Gasteiger partial charge is 0.330 e. The summed E-state index contributed by atoms with van der Waals surface area (Å²) in [6.45, 7) is 19.4. The summed E-state index contributed by atoms with van der Waals surface area (Å²) in [7, 11) is 1.60. The largest absolute Gasteiger partial charge is 0.456 e. The molecule has 8 heterocycles. The minimum absolute atomic E-state index is 0.0417. The zero-order valence-electron chi connectivity index (χ0n) is 46.9. The first-order chi connectivity index (χ1) is 37.5. The lowest BCUT2D eigenvalue weighted by Gasteiger charge is -2.28. The predicted molar refractivity (Wildman–Crippen MR) is 296 cm³/mol. The van der Waals surface area contributed by atoms with Crippen molar-refractivity contribution in [1.82, 2.24) is 0 Å². The number of cyclic esters (lactones) is 2. The Hall–Kier alpha value is -4.55. The fraction of sp³-hybridized carbons (Fsp3) is 0.635. The minimum atomic E-state index is -0.835. The van der Waals surface area contributed by atoms with Crippen LogP contribution in [0.2, 0.25) is 0 Å². The molecular formula is C63H88O15. The normalized spacial score (nSPS) is 38.1. The van der Waals surface area contributed by atoms with Gasteiger partial charge in [0.1, 0.15) is 30.5 Å². The van der Waals surface area contributed by atoms with Crippen LogP contribution in [0.1, 0.15) is 125 Å². The Kier molecular flexibility index (Phi) is 23.7. The summed E-state index contributed by atoms with van der Waals surface area (Å²) in [4.78, 5) is 37.8. The molecule has 0 amide bonds. The quantitative estimate of drug-likeness (QED) is 0.101. The summed E-state index contributed by atoms with van der Waals surface area (Å²) < 4.78 is 58.9. The van der Waals surface area contributed by atoms with E-state index in [-0.39, 0.29) is 61.4 Å². The molecule has 0 aromatic rings. The summed E-state index contributed by atoms with van der Waals surface area (Å²) in [5.74, 6) is -0.699. The van der Waals surface area contributed by atoms with E-state index in [4.69, 9.17) is 47.4 Å². The molecule has 0 aromatic heterocycles. The fourth-order valence-electron chi connectivity index (χ4n) is 11.4. The molecule has 0 saturated carbocycles. The fourth-order valence-corrected chi connectivity index (χ4v) is 11.4. The van der Waals surface area contributed by atoms with E-state index in [1.54, 1.807) is 19.3 Å². The first-order valence-corrected chi connectivity index (χ1v) is 28.5. The summed E-state index contributed by atoms with van der Waals surface area (Å²) >= 11 is 0. The predicted octanol–water partition coefficient (Wildman–Crippen LogP) is 9.44. The van der Waals surface area contributed by atoms with Crippen LogP contribution in [-0.4, -0.2) is 146 Å². The third-order valence-corrected chi connectivity index (χ3v) is 15.4. The van der Waals surface area contributed by atoms with E-state index in [0.717, 1.165) is 62.5 Å². The number of ether oxygens (including phenoxy) is 10. The molecule has 2 N–H and O–H groups in total. The van der Waals surface area contributed by atoms with Crippen molar-refractivity contribution in [2.24, 2.45) is 11.8 Å². The number of hydrogen-bond donors (Lipinski definition) is 2. The van der Waals surface area contributed by atoms with Crippen LogP contribution >= 0.6 is 0 Å². The summed E-state index contributed by atoms with van der Waals surface area (Å²) in [5, 5.41) is 21.7. The van der Waals surface area contributed by atoms with E-state index in [9.17, 15) is 24.6 Å². The van der Waals surface area contributed by atoms with Crippen LogP contribution in [0.15, 0.2) is 121 Å². The van der Waals surface area contributed by atoms with Gasteiger partial charge in [-0.25, -0.2) is 9.59 Å². The highest BCUT2D eigenvalue weighted by atomic mass is 16.6. The molecule has 78 heavy (non-hydrogen) atoms. The maximum absolute atomic E-state index is 12.9. The monoisotopic (exact) mass is 1080 g/mol. The number of carbonyl (C=O) groups excluding carboxylic acids is 3. The van der Waals surface area contributed by atoms with Gasteiger partial charge in [0.15, 0.2) is 6.10 Å². The molecule has 4 bridgehead atoms. The first-order valence-electron chi connectivity index (χ1n) is 28.5. The molecule has 8 aliphatic rings. The number of fused-ring (bicyclic) bond motifs is 6. The number of methoxy groups -OCH3 is 1. The third-order valence-electron chi connectivity index (χ3n) is 15.4. The maximum atomic E-state index is 12.9. The van der Waals surface area contributed by atoms with E-state index in [1.165, 1.54) is 30.2 Å². The Morgan fingerprint density at radius 3 is 1.51 bits per heavy atom. The number of esters is 3. The standard InChI is InChI=1S/C32H44O8.C31H44O7/c1-20-13-14-36-25(16-20)11-12-28(37-23(4)33)29-19-30-32(40-30)27(34)18-22(3)15-21(2)17-26-9-5-7-24(38-26)8-6-10-31(35)39-29;1-20-13-14-35-24(16-20)11-12-27(34-4)28-19-29-31(38-29)26(32)18-22(3)15-21(2)17-25-9-5-7-23(36-25)8-6-10-30(33)37-28/h5-7,10-13,21,24-30,32,34H,3,8-9,14-19H2,1-2,4H3;5-7,10-13,21,23-29,31-32H,3,8-9,14-19H2,1-2,4H3/b2*10-6-,12-11+/t21-,24-,25+,26-,27-,28-,29-,30-,32-;21-,23-,24+,25-,26-,27-,28-,29-,31-/m00/s1. The lowest BCUT2D eigenvalue weighted by atomic mass is 9.91. The van der Waals surface area contributed by atoms with E-state index >= 15 is 0 Å². The van der Waals surface area contributed by atoms with Crippen molar-refractivity contribution in [1.29, 1.82) is 0 Å². The van der Waals surface area contributed by atoms with Crippen molar-refractivity contribution in [3.05, 3.63) is 121 Å². The van der Waals surface area contributed by atoms with Crippen molar-refractivity contribution >= 4 is 17.9 Å². The van der Waals surface area contributed by atoms with Crippen LogP contribution < -0.4 is 0 Å². The lowest BCUT2D eigenvalue weighted by molar-refractivity contribution is -0.160. The number of epoxide rings is 2. The number of aliphatic hydroxyl groups excluding tert-OH is 2. The van der Waals surface area contributed by atoms with Gasteiger partial charge >= 0.3 is 17.9 Å². The molecule has 430 valence electrons. The van der Waals surface area contributed by atoms with E-state index in [2.05, 4.69) is 58.2 Å². The van der Waals surface area contributed by atoms with Crippen LogP contribution in [0.5, 0.6) is 0 Å². The van der Waals surface area contributed by atoms with Crippen LogP contribution in [0.25, 0.3) is 0 Å². The molecule has 8 aliphatic heterocycles. The molecule has 2 saturated heterocycles. The average Bonchev–Trinajstić information content (AvgIpc) is 4.36. The van der Waals surface area contributed by atoms with Crippen molar-refractivity contribution < 1.29 is 72.0 Å². The van der Waals surface area contributed by atoms with Gasteiger partial charge in [-0.15, -0.1) is 0 Å². The second-order valence-corrected chi connectivity index (χ2v) is 22.8. The van der Waals surface area contributed by atoms with Crippen molar-refractivity contribution in [2.45, 2.75) is 222 Å². The Balaban J connectivity index is 0.000000226. The van der Waals surface area contributed by atoms with Crippen LogP contribution in [0.3, 0.4) is 0 Å². The van der Waals surface area contributed by atoms with E-state index in [1.807, 2.05) is 43.4 Å². The van der Waals surface area contributed by atoms with E-state index in [0.29, 0.717) is 57.2 Å². The second kappa shape index (κ2) is 30.3. The molecule has 0 spiro atoms. The molecule has 15 nitrogen and oxygen atoms in total. The molecule has 0 radical (unpaired) electrons. The Bertz CT molecular complexity index is 2270. The molecule has 18 atom stereocenters. The topological polar surface area (TPSA) is 191 Å². The Morgan fingerprint density at radius 1 is 0.628 bits per heavy atom. The first kappa shape index (κ1) is 61.1. The molecule has 0 unspecified atom stereocenters. The molecular weight excluding hydrogens is 997 g/mol. The molecule has 0 aromatic carbocycles. The highest BCUT2D eigenvalue weighted by molar-refractivity contribution is 5.82. The second-order valence-electron chi connectivity index (χ2n) is 22.8. The van der Waals surface area contributed by atoms with Gasteiger partial charge in [-0.1, -0.05) is 116 Å². The lowest BCUT2D eigenvalue weighted by Crippen LogP contribution is -2.35. The van der Waals surface area contributed by atoms with Gasteiger partial charge in [0.2, 0.25) is 0 Å². The van der Waals surface area contributed by atoms with Gasteiger partial charge in [-0.3, -0.25) is 4.79 Å². The number of aliphatic hydroxyl groups is 2. The van der Waals surface area contributed by atoms with Gasteiger partial charge in [0.25, 0.3) is 0 Å².